The van der Waals surface area contributed by atoms with Crippen LogP contribution in [0.1, 0.15) is 15.9 Å². The quantitative estimate of drug-likeness (QED) is 0.319. The molecule has 2 saturated heterocycles. The van der Waals surface area contributed by atoms with Crippen LogP contribution in [-0.4, -0.2) is 45.8 Å². The summed E-state index contributed by atoms with van der Waals surface area (Å²) in [5.41, 5.74) is 1.32. The number of hydrogen-bond acceptors (Lipinski definition) is 7. The van der Waals surface area contributed by atoms with Gasteiger partial charge in [-0.15, -0.1) is 0 Å². The Hall–Kier alpha value is -4.14. The number of rotatable bonds is 4. The van der Waals surface area contributed by atoms with Gasteiger partial charge in [0.15, 0.2) is 5.78 Å². The van der Waals surface area contributed by atoms with Crippen molar-refractivity contribution in [1.29, 1.82) is 0 Å². The second-order valence-corrected chi connectivity index (χ2v) is 8.04. The molecule has 0 spiro atoms. The Morgan fingerprint density at radius 1 is 1.06 bits per heavy atom. The van der Waals surface area contributed by atoms with Crippen molar-refractivity contribution in [1.82, 2.24) is 5.01 Å². The lowest BCUT2D eigenvalue weighted by molar-refractivity contribution is -0.384. The minimum atomic E-state index is -1.04. The zero-order valence-electron chi connectivity index (χ0n) is 17.0. The monoisotopic (exact) mass is 430 g/mol. The molecule has 160 valence electrons. The highest BCUT2D eigenvalue weighted by molar-refractivity contribution is 6.24. The van der Waals surface area contributed by atoms with Crippen molar-refractivity contribution in [3.63, 3.8) is 0 Å². The Labute approximate surface area is 182 Å². The molecule has 0 radical (unpaired) electrons. The van der Waals surface area contributed by atoms with Crippen LogP contribution in [0.25, 0.3) is 0 Å². The van der Waals surface area contributed by atoms with Crippen molar-refractivity contribution in [2.75, 3.05) is 4.90 Å². The Morgan fingerprint density at radius 2 is 1.78 bits per heavy atom. The molecule has 3 aliphatic rings. The molecule has 0 aliphatic carbocycles. The zero-order chi connectivity index (χ0) is 22.6. The number of anilines is 1. The predicted molar refractivity (Wildman–Crippen MR) is 115 cm³/mol. The third-order valence-electron chi connectivity index (χ3n) is 6.19. The number of non-ortho nitro benzene ring substituents is 1. The zero-order valence-corrected chi connectivity index (χ0v) is 17.0. The van der Waals surface area contributed by atoms with Crippen molar-refractivity contribution in [3.05, 3.63) is 81.9 Å². The molecule has 2 aromatic carbocycles. The molecule has 0 aromatic heterocycles. The SMILES string of the molecule is Cc1ccc(N2C(=O)[C@@H]3[C@H](C2=O)[C@H](C(=O)c2cccc([N+](=O)[O-])c2)N2N=CC=C[C@H]32)cc1. The maximum atomic E-state index is 13.5. The molecular weight excluding hydrogens is 412 g/mol. The van der Waals surface area contributed by atoms with E-state index in [4.69, 9.17) is 0 Å². The Balaban J connectivity index is 1.57. The number of nitro groups is 1. The van der Waals surface area contributed by atoms with Gasteiger partial charge in [-0.25, -0.2) is 4.90 Å². The van der Waals surface area contributed by atoms with E-state index in [2.05, 4.69) is 5.10 Å². The maximum Gasteiger partial charge on any atom is 0.270 e. The minimum Gasteiger partial charge on any atom is -0.292 e. The van der Waals surface area contributed by atoms with Gasteiger partial charge in [0, 0.05) is 23.9 Å². The second kappa shape index (κ2) is 7.23. The first-order valence-corrected chi connectivity index (χ1v) is 10.1. The third-order valence-corrected chi connectivity index (χ3v) is 6.19. The third kappa shape index (κ3) is 2.85. The van der Waals surface area contributed by atoms with Crippen LogP contribution in [0.3, 0.4) is 0 Å². The van der Waals surface area contributed by atoms with Crippen LogP contribution in [0.4, 0.5) is 11.4 Å². The number of allylic oxidation sites excluding steroid dienone is 1. The normalized spacial score (nSPS) is 25.8. The topological polar surface area (TPSA) is 113 Å². The molecule has 0 unspecified atom stereocenters. The molecular formula is C23H18N4O5. The number of amides is 2. The number of hydrazone groups is 1. The first-order valence-electron chi connectivity index (χ1n) is 10.1. The summed E-state index contributed by atoms with van der Waals surface area (Å²) >= 11 is 0. The molecule has 0 N–H and O–H groups in total. The van der Waals surface area contributed by atoms with Gasteiger partial charge in [-0.2, -0.15) is 5.10 Å². The van der Waals surface area contributed by atoms with Crippen molar-refractivity contribution >= 4 is 35.2 Å². The Morgan fingerprint density at radius 3 is 2.50 bits per heavy atom. The molecule has 9 nitrogen and oxygen atoms in total. The van der Waals surface area contributed by atoms with Crippen LogP contribution in [0.2, 0.25) is 0 Å². The van der Waals surface area contributed by atoms with E-state index in [-0.39, 0.29) is 17.2 Å². The highest BCUT2D eigenvalue weighted by Gasteiger charge is 2.64. The fraction of sp³-hybridized carbons (Fsp3) is 0.217. The molecule has 32 heavy (non-hydrogen) atoms. The van der Waals surface area contributed by atoms with Crippen molar-refractivity contribution < 1.29 is 19.3 Å². The number of Topliss-reactive ketones (excluding diaryl/α,β-unsaturated/α-hetero) is 1. The summed E-state index contributed by atoms with van der Waals surface area (Å²) in [5.74, 6) is -3.04. The summed E-state index contributed by atoms with van der Waals surface area (Å²) in [7, 11) is 0. The second-order valence-electron chi connectivity index (χ2n) is 8.04. The van der Waals surface area contributed by atoms with Gasteiger partial charge in [-0.1, -0.05) is 35.9 Å². The van der Waals surface area contributed by atoms with Gasteiger partial charge in [0.05, 0.1) is 28.5 Å². The van der Waals surface area contributed by atoms with Gasteiger partial charge >= 0.3 is 0 Å². The summed E-state index contributed by atoms with van der Waals surface area (Å²) in [6.45, 7) is 1.91. The standard InChI is InChI=1S/C23H18N4O5/c1-13-7-9-15(10-8-13)25-22(29)18-17-6-3-11-24-26(17)20(19(18)23(25)30)21(28)14-4-2-5-16(12-14)27(31)32/h2-12,17-20H,1H3/t17-,18+,19+,20-/m1/s1. The number of carbonyl (C=O) groups is 3. The number of nitro benzene ring substituents is 1. The maximum absolute atomic E-state index is 13.5. The number of fused-ring (bicyclic) bond motifs is 3. The fourth-order valence-corrected chi connectivity index (χ4v) is 4.73. The van der Waals surface area contributed by atoms with Gasteiger partial charge in [0.2, 0.25) is 11.8 Å². The Kier molecular flexibility index (Phi) is 4.47. The van der Waals surface area contributed by atoms with Crippen molar-refractivity contribution in [3.8, 4) is 0 Å². The summed E-state index contributed by atoms with van der Waals surface area (Å²) < 4.78 is 0. The number of imide groups is 1. The first kappa shape index (κ1) is 19.8. The van der Waals surface area contributed by atoms with E-state index >= 15 is 0 Å². The van der Waals surface area contributed by atoms with Gasteiger partial charge in [0.25, 0.3) is 5.69 Å². The van der Waals surface area contributed by atoms with Crippen LogP contribution in [0, 0.1) is 28.9 Å². The number of benzene rings is 2. The van der Waals surface area contributed by atoms with Gasteiger partial charge in [0.1, 0.15) is 6.04 Å². The largest absolute Gasteiger partial charge is 0.292 e. The van der Waals surface area contributed by atoms with E-state index in [1.807, 2.05) is 19.1 Å². The summed E-state index contributed by atoms with van der Waals surface area (Å²) in [4.78, 5) is 52.1. The van der Waals surface area contributed by atoms with Crippen LogP contribution >= 0.6 is 0 Å². The highest BCUT2D eigenvalue weighted by atomic mass is 16.6. The number of nitrogens with zero attached hydrogens (tertiary/aromatic N) is 4. The molecule has 2 fully saturated rings. The van der Waals surface area contributed by atoms with E-state index in [0.29, 0.717) is 5.69 Å². The van der Waals surface area contributed by atoms with E-state index in [0.717, 1.165) is 10.5 Å². The van der Waals surface area contributed by atoms with E-state index in [1.165, 1.54) is 35.5 Å². The smallest absolute Gasteiger partial charge is 0.270 e. The van der Waals surface area contributed by atoms with Gasteiger partial charge in [-0.05, 0) is 25.1 Å². The Bertz CT molecular complexity index is 1220. The van der Waals surface area contributed by atoms with E-state index in [1.54, 1.807) is 24.3 Å². The number of ketones is 1. The first-order chi connectivity index (χ1) is 15.4. The number of hydrogen-bond donors (Lipinski definition) is 0. The summed E-state index contributed by atoms with van der Waals surface area (Å²) in [5, 5.41) is 16.9. The molecule has 2 amide bonds. The van der Waals surface area contributed by atoms with E-state index < -0.39 is 40.5 Å². The average molecular weight is 430 g/mol. The molecule has 0 bridgehead atoms. The molecule has 4 atom stereocenters. The van der Waals surface area contributed by atoms with Gasteiger partial charge < -0.3 is 0 Å². The van der Waals surface area contributed by atoms with Crippen LogP contribution in [0.5, 0.6) is 0 Å². The van der Waals surface area contributed by atoms with Gasteiger partial charge in [-0.3, -0.25) is 29.5 Å². The van der Waals surface area contributed by atoms with Crippen LogP contribution in [0.15, 0.2) is 65.8 Å². The number of carbonyl (C=O) groups excluding carboxylic acids is 3. The lowest BCUT2D eigenvalue weighted by Gasteiger charge is -2.30. The predicted octanol–water partition coefficient (Wildman–Crippen LogP) is 2.50. The lowest BCUT2D eigenvalue weighted by atomic mass is 9.86. The average Bonchev–Trinajstić information content (AvgIpc) is 3.27. The minimum absolute atomic E-state index is 0.0994. The van der Waals surface area contributed by atoms with Crippen LogP contribution in [-0.2, 0) is 9.59 Å². The number of aryl methyl sites for hydroxylation is 1. The lowest BCUT2D eigenvalue weighted by Crippen LogP contribution is -2.46. The fourth-order valence-electron chi connectivity index (χ4n) is 4.73. The molecule has 3 heterocycles. The van der Waals surface area contributed by atoms with Crippen LogP contribution < -0.4 is 4.90 Å². The summed E-state index contributed by atoms with van der Waals surface area (Å²) in [6, 6.07) is 10.8. The van der Waals surface area contributed by atoms with E-state index in [9.17, 15) is 24.5 Å². The highest BCUT2D eigenvalue weighted by Crippen LogP contribution is 2.46. The summed E-state index contributed by atoms with van der Waals surface area (Å²) in [6.07, 6.45) is 4.94. The molecule has 0 saturated carbocycles. The van der Waals surface area contributed by atoms with Crippen molar-refractivity contribution in [2.45, 2.75) is 19.0 Å². The molecule has 2 aromatic rings. The molecule has 3 aliphatic heterocycles. The van der Waals surface area contributed by atoms with Crippen molar-refractivity contribution in [2.24, 2.45) is 16.9 Å². The molecule has 9 heteroatoms. The molecule has 5 rings (SSSR count).